The number of nitrogens with one attached hydrogen (secondary N) is 3. The van der Waals surface area contributed by atoms with E-state index >= 15 is 0 Å². The summed E-state index contributed by atoms with van der Waals surface area (Å²) < 4.78 is 41.2. The summed E-state index contributed by atoms with van der Waals surface area (Å²) in [6, 6.07) is 17.5. The molecule has 14 heteroatoms. The number of carbonyl (C=O) groups is 2. The van der Waals surface area contributed by atoms with Crippen molar-refractivity contribution in [2.75, 3.05) is 5.73 Å². The van der Waals surface area contributed by atoms with Crippen LogP contribution in [-0.2, 0) is 30.5 Å². The predicted octanol–water partition coefficient (Wildman–Crippen LogP) is 5.17. The molecule has 0 atom stereocenters. The molecule has 250 valence electrons. The number of pyridine rings is 1. The first-order chi connectivity index (χ1) is 22.8. The molecule has 48 heavy (non-hydrogen) atoms. The Morgan fingerprint density at radius 2 is 1.71 bits per heavy atom. The number of nitrogens with zero attached hydrogens (tertiary/aromatic N) is 2. The lowest BCUT2D eigenvalue weighted by atomic mass is 9.94. The first-order valence-corrected chi connectivity index (χ1v) is 15.4. The lowest BCUT2D eigenvalue weighted by Crippen LogP contribution is -2.31. The molecule has 0 unspecified atom stereocenters. The van der Waals surface area contributed by atoms with E-state index in [1.165, 1.54) is 42.5 Å². The minimum atomic E-state index is -4.60. The minimum Gasteiger partial charge on any atom is -0.427 e. The first kappa shape index (κ1) is 34.0. The summed E-state index contributed by atoms with van der Waals surface area (Å²) in [7, 11) is 0. The first-order valence-electron chi connectivity index (χ1n) is 15.0. The highest BCUT2D eigenvalue weighted by atomic mass is 35.5. The zero-order chi connectivity index (χ0) is 34.6. The number of hydrogen-bond acceptors (Lipinski definition) is 6. The molecule has 3 aromatic carbocycles. The van der Waals surface area contributed by atoms with E-state index in [0.717, 1.165) is 35.6 Å². The van der Waals surface area contributed by atoms with Gasteiger partial charge in [0.1, 0.15) is 5.84 Å². The van der Waals surface area contributed by atoms with Gasteiger partial charge in [-0.15, -0.1) is 0 Å². The summed E-state index contributed by atoms with van der Waals surface area (Å²) in [5, 5.41) is 24.3. The second kappa shape index (κ2) is 14.2. The average molecular weight is 680 g/mol. The molecular formula is C34H33ClF3N7O3. The molecule has 1 aromatic heterocycles. The van der Waals surface area contributed by atoms with Gasteiger partial charge in [-0.05, 0) is 60.2 Å². The van der Waals surface area contributed by atoms with Gasteiger partial charge in [0.15, 0.2) is 5.49 Å². The molecule has 5 rings (SSSR count). The summed E-state index contributed by atoms with van der Waals surface area (Å²) in [4.78, 5) is 31.0. The maximum Gasteiger partial charge on any atom is 0.416 e. The van der Waals surface area contributed by atoms with E-state index in [0.29, 0.717) is 11.1 Å². The van der Waals surface area contributed by atoms with Gasteiger partial charge >= 0.3 is 6.18 Å². The molecule has 0 saturated heterocycles. The molecular weight excluding hydrogens is 647 g/mol. The van der Waals surface area contributed by atoms with Gasteiger partial charge in [-0.25, -0.2) is 0 Å². The van der Waals surface area contributed by atoms with Crippen LogP contribution in [-0.4, -0.2) is 33.6 Å². The van der Waals surface area contributed by atoms with Gasteiger partial charge in [0.2, 0.25) is 5.91 Å². The number of aromatic nitrogens is 1. The van der Waals surface area contributed by atoms with E-state index in [1.54, 1.807) is 24.3 Å². The Morgan fingerprint density at radius 1 is 1.00 bits per heavy atom. The number of rotatable bonds is 10. The van der Waals surface area contributed by atoms with Crippen LogP contribution in [0.3, 0.4) is 0 Å². The van der Waals surface area contributed by atoms with E-state index < -0.39 is 30.1 Å². The van der Waals surface area contributed by atoms with Crippen LogP contribution in [0.15, 0.2) is 77.8 Å². The fraction of sp³-hybridized carbons (Fsp3) is 0.235. The topological polar surface area (TPSA) is 172 Å². The number of nitrogen functional groups attached to an aromatic ring is 2. The smallest absolute Gasteiger partial charge is 0.416 e. The Morgan fingerprint density at radius 3 is 2.35 bits per heavy atom. The number of benzene rings is 3. The summed E-state index contributed by atoms with van der Waals surface area (Å²) in [5.74, 6) is -1.24. The third kappa shape index (κ3) is 7.97. The van der Waals surface area contributed by atoms with E-state index in [9.17, 15) is 28.0 Å². The Hall–Kier alpha value is -5.30. The highest BCUT2D eigenvalue weighted by molar-refractivity contribution is 6.33. The molecule has 0 bridgehead atoms. The van der Waals surface area contributed by atoms with Crippen molar-refractivity contribution >= 4 is 34.9 Å². The van der Waals surface area contributed by atoms with Crippen molar-refractivity contribution in [3.05, 3.63) is 117 Å². The van der Waals surface area contributed by atoms with Gasteiger partial charge in [-0.2, -0.15) is 17.9 Å². The van der Waals surface area contributed by atoms with E-state index in [4.69, 9.17) is 28.5 Å². The maximum absolute atomic E-state index is 13.5. The van der Waals surface area contributed by atoms with Gasteiger partial charge in [0, 0.05) is 41.5 Å². The van der Waals surface area contributed by atoms with E-state index in [2.05, 4.69) is 15.6 Å². The number of amidine groups is 1. The standard InChI is InChI=1S/C34H33ClF3N7O3/c35-27-15-29(44-25-5-3-6-25)45(48)28(16-30(46)42-17-19-8-10-20(11-9-19)32(40)41)31(27)22-12-23(14-24(39)13-22)33(47)43-18-21-4-1-2-7-26(21)34(36,37)38/h1-2,4,7-15,25,48H,3,5-6,16-18,39H2,(H3,40,41)(H,42,46)(H,43,47). The lowest BCUT2D eigenvalue weighted by molar-refractivity contribution is -0.138. The summed E-state index contributed by atoms with van der Waals surface area (Å²) in [5.41, 5.74) is 12.9. The van der Waals surface area contributed by atoms with Gasteiger partial charge in [-0.3, -0.25) is 20.0 Å². The van der Waals surface area contributed by atoms with Crippen LogP contribution in [0.25, 0.3) is 11.1 Å². The van der Waals surface area contributed by atoms with Crippen LogP contribution in [0.5, 0.6) is 0 Å². The minimum absolute atomic E-state index is 0.00453. The Labute approximate surface area is 278 Å². The fourth-order valence-electron chi connectivity index (χ4n) is 5.26. The molecule has 1 heterocycles. The molecule has 4 aromatic rings. The number of amides is 2. The van der Waals surface area contributed by atoms with Crippen LogP contribution in [0, 0.1) is 5.41 Å². The third-order valence-electron chi connectivity index (χ3n) is 8.00. The molecule has 8 N–H and O–H groups in total. The summed E-state index contributed by atoms with van der Waals surface area (Å²) in [6.45, 7) is -0.242. The van der Waals surface area contributed by atoms with Crippen LogP contribution in [0.2, 0.25) is 5.02 Å². The number of halogens is 4. The van der Waals surface area contributed by atoms with Gasteiger partial charge in [0.05, 0.1) is 28.7 Å². The fourth-order valence-corrected chi connectivity index (χ4v) is 5.58. The molecule has 1 aliphatic rings. The molecule has 1 saturated carbocycles. The highest BCUT2D eigenvalue weighted by Gasteiger charge is 2.33. The van der Waals surface area contributed by atoms with Crippen molar-refractivity contribution in [3.63, 3.8) is 0 Å². The number of anilines is 1. The second-order valence-electron chi connectivity index (χ2n) is 11.4. The number of carbonyl (C=O) groups excluding carboxylic acids is 2. The second-order valence-corrected chi connectivity index (χ2v) is 11.9. The van der Waals surface area contributed by atoms with Crippen molar-refractivity contribution < 1.29 is 28.0 Å². The quantitative estimate of drug-likeness (QED) is 0.0587. The SMILES string of the molecule is N=C(N)c1ccc(CNC(=O)Cc2c(-c3cc(N)cc(C(=O)NCc4ccccc4C(F)(F)F)c3)c(Cl)cc(=NC3CCC3)n2O)cc1. The molecule has 2 amide bonds. The zero-order valence-corrected chi connectivity index (χ0v) is 26.3. The predicted molar refractivity (Wildman–Crippen MR) is 175 cm³/mol. The van der Waals surface area contributed by atoms with Crippen LogP contribution in [0.1, 0.15) is 57.6 Å². The molecule has 0 radical (unpaired) electrons. The normalized spacial score (nSPS) is 13.5. The van der Waals surface area contributed by atoms with Gasteiger partial charge < -0.3 is 27.3 Å². The Bertz CT molecular complexity index is 1940. The van der Waals surface area contributed by atoms with Gasteiger partial charge in [0.25, 0.3) is 5.91 Å². The van der Waals surface area contributed by atoms with Crippen LogP contribution >= 0.6 is 11.6 Å². The van der Waals surface area contributed by atoms with Gasteiger partial charge in [-0.1, -0.05) is 54.1 Å². The monoisotopic (exact) mass is 679 g/mol. The maximum atomic E-state index is 13.5. The van der Waals surface area contributed by atoms with Crippen LogP contribution in [0.4, 0.5) is 18.9 Å². The average Bonchev–Trinajstić information content (AvgIpc) is 3.02. The highest BCUT2D eigenvalue weighted by Crippen LogP contribution is 2.34. The molecule has 0 aliphatic heterocycles. The van der Waals surface area contributed by atoms with Crippen molar-refractivity contribution in [1.29, 1.82) is 5.41 Å². The van der Waals surface area contributed by atoms with Crippen molar-refractivity contribution in [3.8, 4) is 11.1 Å². The number of nitrogens with two attached hydrogens (primary N) is 2. The van der Waals surface area contributed by atoms with Crippen molar-refractivity contribution in [1.82, 2.24) is 15.4 Å². The zero-order valence-electron chi connectivity index (χ0n) is 25.6. The molecule has 1 aliphatic carbocycles. The summed E-state index contributed by atoms with van der Waals surface area (Å²) >= 11 is 6.78. The van der Waals surface area contributed by atoms with Crippen molar-refractivity contribution in [2.45, 2.75) is 51.0 Å². The molecule has 10 nitrogen and oxygen atoms in total. The third-order valence-corrected chi connectivity index (χ3v) is 8.29. The Balaban J connectivity index is 1.45. The summed E-state index contributed by atoms with van der Waals surface area (Å²) in [6.07, 6.45) is -2.24. The van der Waals surface area contributed by atoms with E-state index in [-0.39, 0.29) is 63.4 Å². The number of alkyl halides is 3. The molecule has 0 spiro atoms. The Kier molecular flexibility index (Phi) is 10.1. The van der Waals surface area contributed by atoms with Crippen molar-refractivity contribution in [2.24, 2.45) is 10.7 Å². The largest absolute Gasteiger partial charge is 0.427 e. The lowest BCUT2D eigenvalue weighted by Gasteiger charge is -2.22. The van der Waals surface area contributed by atoms with E-state index in [1.807, 2.05) is 0 Å². The van der Waals surface area contributed by atoms with Crippen LogP contribution < -0.4 is 27.6 Å². The molecule has 1 fully saturated rings. The number of hydrogen-bond donors (Lipinski definition) is 6.